The number of nitrogens with zero attached hydrogens (tertiary/aromatic N) is 1. The summed E-state index contributed by atoms with van der Waals surface area (Å²) in [4.78, 5) is 2.31. The van der Waals surface area contributed by atoms with Crippen LogP contribution in [0.5, 0.6) is 0 Å². The quantitative estimate of drug-likeness (QED) is 0.821. The van der Waals surface area contributed by atoms with Gasteiger partial charge in [-0.15, -0.1) is 0 Å². The van der Waals surface area contributed by atoms with E-state index in [2.05, 4.69) is 10.2 Å². The van der Waals surface area contributed by atoms with Crippen LogP contribution in [0, 0.1) is 5.92 Å². The minimum Gasteiger partial charge on any atom is -0.399 e. The van der Waals surface area contributed by atoms with Crippen molar-refractivity contribution in [2.24, 2.45) is 5.92 Å². The highest BCUT2D eigenvalue weighted by atomic mass is 19.4. The number of halogens is 3. The summed E-state index contributed by atoms with van der Waals surface area (Å²) in [6.45, 7) is 2.96. The van der Waals surface area contributed by atoms with E-state index in [-0.39, 0.29) is 17.4 Å². The third kappa shape index (κ3) is 2.57. The Morgan fingerprint density at radius 1 is 1.20 bits per heavy atom. The van der Waals surface area contributed by atoms with Gasteiger partial charge in [0.15, 0.2) is 0 Å². The average Bonchev–Trinajstić information content (AvgIpc) is 2.41. The normalized spacial score (nSPS) is 29.4. The van der Waals surface area contributed by atoms with Gasteiger partial charge in [0.1, 0.15) is 0 Å². The molecule has 6 heteroatoms. The zero-order valence-corrected chi connectivity index (χ0v) is 11.1. The van der Waals surface area contributed by atoms with Gasteiger partial charge in [-0.1, -0.05) is 0 Å². The van der Waals surface area contributed by atoms with Crippen molar-refractivity contribution in [2.75, 3.05) is 30.7 Å². The first-order valence-corrected chi connectivity index (χ1v) is 6.89. The monoisotopic (exact) mass is 285 g/mol. The predicted octanol–water partition coefficient (Wildman–Crippen LogP) is 2.79. The molecule has 3 fully saturated rings. The van der Waals surface area contributed by atoms with Gasteiger partial charge in [-0.2, -0.15) is 13.2 Å². The van der Waals surface area contributed by atoms with Crippen LogP contribution in [0.4, 0.5) is 24.5 Å². The molecule has 0 saturated carbocycles. The number of nitrogen functional groups attached to an aromatic ring is 1. The van der Waals surface area contributed by atoms with Crippen LogP contribution in [0.2, 0.25) is 0 Å². The molecule has 0 amide bonds. The Kier molecular flexibility index (Phi) is 3.28. The van der Waals surface area contributed by atoms with Crippen molar-refractivity contribution in [1.82, 2.24) is 4.90 Å². The van der Waals surface area contributed by atoms with Crippen LogP contribution in [0.1, 0.15) is 18.4 Å². The largest absolute Gasteiger partial charge is 0.418 e. The molecular formula is C14H18F3N3. The Balaban J connectivity index is 1.84. The van der Waals surface area contributed by atoms with E-state index >= 15 is 0 Å². The van der Waals surface area contributed by atoms with Crippen LogP contribution in [-0.2, 0) is 6.18 Å². The number of nitrogens with two attached hydrogens (primary N) is 1. The molecule has 3 aliphatic heterocycles. The first-order chi connectivity index (χ1) is 9.43. The molecule has 3 saturated heterocycles. The summed E-state index contributed by atoms with van der Waals surface area (Å²) in [7, 11) is 0. The fourth-order valence-corrected chi connectivity index (χ4v) is 3.25. The smallest absolute Gasteiger partial charge is 0.399 e. The summed E-state index contributed by atoms with van der Waals surface area (Å²) in [5.74, 6) is 0.471. The summed E-state index contributed by atoms with van der Waals surface area (Å²) in [6.07, 6.45) is -2.26. The van der Waals surface area contributed by atoms with Crippen LogP contribution in [0.25, 0.3) is 0 Å². The minimum atomic E-state index is -4.38. The molecule has 2 bridgehead atoms. The molecule has 0 aromatic heterocycles. The highest BCUT2D eigenvalue weighted by molar-refractivity contribution is 5.59. The van der Waals surface area contributed by atoms with Crippen molar-refractivity contribution < 1.29 is 13.2 Å². The number of anilines is 2. The van der Waals surface area contributed by atoms with Crippen LogP contribution in [0.15, 0.2) is 18.2 Å². The van der Waals surface area contributed by atoms with Gasteiger partial charge >= 0.3 is 6.18 Å². The first kappa shape index (κ1) is 13.5. The number of benzene rings is 1. The number of fused-ring (bicyclic) bond motifs is 3. The van der Waals surface area contributed by atoms with E-state index in [1.807, 2.05) is 0 Å². The molecule has 1 aromatic rings. The van der Waals surface area contributed by atoms with Crippen molar-refractivity contribution in [3.63, 3.8) is 0 Å². The third-order valence-electron chi connectivity index (χ3n) is 4.35. The molecule has 3 heterocycles. The Morgan fingerprint density at radius 2 is 1.90 bits per heavy atom. The first-order valence-electron chi connectivity index (χ1n) is 6.89. The molecule has 1 aromatic carbocycles. The Hall–Kier alpha value is -1.43. The molecular weight excluding hydrogens is 267 g/mol. The summed E-state index contributed by atoms with van der Waals surface area (Å²) < 4.78 is 39.2. The second-order valence-corrected chi connectivity index (χ2v) is 5.69. The van der Waals surface area contributed by atoms with Gasteiger partial charge in [0.25, 0.3) is 0 Å². The lowest BCUT2D eigenvalue weighted by Crippen LogP contribution is -2.53. The fourth-order valence-electron chi connectivity index (χ4n) is 3.25. The zero-order valence-electron chi connectivity index (χ0n) is 11.1. The van der Waals surface area contributed by atoms with E-state index in [4.69, 9.17) is 5.73 Å². The molecule has 1 atom stereocenters. The molecule has 4 rings (SSSR count). The van der Waals surface area contributed by atoms with Crippen LogP contribution in [-0.4, -0.2) is 30.6 Å². The Morgan fingerprint density at radius 3 is 2.45 bits per heavy atom. The van der Waals surface area contributed by atoms with Gasteiger partial charge in [0, 0.05) is 24.0 Å². The molecule has 110 valence electrons. The van der Waals surface area contributed by atoms with Gasteiger partial charge in [-0.25, -0.2) is 0 Å². The zero-order chi connectivity index (χ0) is 14.3. The van der Waals surface area contributed by atoms with Crippen molar-refractivity contribution in [3.05, 3.63) is 23.8 Å². The van der Waals surface area contributed by atoms with E-state index in [0.29, 0.717) is 5.92 Å². The minimum absolute atomic E-state index is 0.0993. The summed E-state index contributed by atoms with van der Waals surface area (Å²) in [6, 6.07) is 4.06. The van der Waals surface area contributed by atoms with E-state index in [1.54, 1.807) is 0 Å². The fraction of sp³-hybridized carbons (Fsp3) is 0.571. The van der Waals surface area contributed by atoms with Crippen LogP contribution in [0.3, 0.4) is 0 Å². The maximum absolute atomic E-state index is 13.1. The highest BCUT2D eigenvalue weighted by Crippen LogP contribution is 2.38. The van der Waals surface area contributed by atoms with Gasteiger partial charge in [0.05, 0.1) is 5.56 Å². The third-order valence-corrected chi connectivity index (χ3v) is 4.35. The van der Waals surface area contributed by atoms with E-state index < -0.39 is 11.7 Å². The lowest BCUT2D eigenvalue weighted by atomic mass is 9.84. The molecule has 0 aliphatic carbocycles. The van der Waals surface area contributed by atoms with Gasteiger partial charge in [-0.3, -0.25) is 0 Å². The van der Waals surface area contributed by atoms with Crippen LogP contribution < -0.4 is 11.1 Å². The van der Waals surface area contributed by atoms with Crippen molar-refractivity contribution >= 4 is 11.4 Å². The van der Waals surface area contributed by atoms with Gasteiger partial charge < -0.3 is 16.0 Å². The number of rotatable bonds is 2. The second-order valence-electron chi connectivity index (χ2n) is 5.69. The molecule has 0 radical (unpaired) electrons. The maximum atomic E-state index is 13.1. The predicted molar refractivity (Wildman–Crippen MR) is 72.4 cm³/mol. The van der Waals surface area contributed by atoms with Crippen molar-refractivity contribution in [2.45, 2.75) is 25.1 Å². The Bertz CT molecular complexity index is 493. The Labute approximate surface area is 115 Å². The SMILES string of the molecule is Nc1ccc(NC2CN3CCC2CC3)c(C(F)(F)F)c1. The summed E-state index contributed by atoms with van der Waals surface area (Å²) >= 11 is 0. The molecule has 3 aliphatic rings. The molecule has 3 N–H and O–H groups in total. The maximum Gasteiger partial charge on any atom is 0.418 e. The summed E-state index contributed by atoms with van der Waals surface area (Å²) in [5.41, 5.74) is 5.09. The molecule has 20 heavy (non-hydrogen) atoms. The number of nitrogens with one attached hydrogen (secondary N) is 1. The number of hydrogen-bond donors (Lipinski definition) is 2. The average molecular weight is 285 g/mol. The van der Waals surface area contributed by atoms with Crippen molar-refractivity contribution in [3.8, 4) is 0 Å². The second kappa shape index (κ2) is 4.84. The lowest BCUT2D eigenvalue weighted by molar-refractivity contribution is -0.137. The molecule has 0 spiro atoms. The van der Waals surface area contributed by atoms with Gasteiger partial charge in [0.2, 0.25) is 0 Å². The number of piperidine rings is 3. The van der Waals surface area contributed by atoms with E-state index in [0.717, 1.165) is 38.5 Å². The van der Waals surface area contributed by atoms with E-state index in [1.165, 1.54) is 12.1 Å². The highest BCUT2D eigenvalue weighted by Gasteiger charge is 2.37. The van der Waals surface area contributed by atoms with Crippen LogP contribution >= 0.6 is 0 Å². The number of hydrogen-bond acceptors (Lipinski definition) is 3. The number of alkyl halides is 3. The molecule has 3 nitrogen and oxygen atoms in total. The standard InChI is InChI=1S/C14H18F3N3/c15-14(16,17)11-7-10(18)1-2-12(11)19-13-8-20-5-3-9(13)4-6-20/h1-2,7,9,13,19H,3-6,8,18H2. The van der Waals surface area contributed by atoms with Crippen molar-refractivity contribution in [1.29, 1.82) is 0 Å². The summed E-state index contributed by atoms with van der Waals surface area (Å²) in [5, 5.41) is 3.10. The van der Waals surface area contributed by atoms with E-state index in [9.17, 15) is 13.2 Å². The topological polar surface area (TPSA) is 41.3 Å². The van der Waals surface area contributed by atoms with Gasteiger partial charge in [-0.05, 0) is 50.0 Å². The molecule has 1 unspecified atom stereocenters. The lowest BCUT2D eigenvalue weighted by Gasteiger charge is -2.45.